The van der Waals surface area contributed by atoms with E-state index in [-0.39, 0.29) is 0 Å². The van der Waals surface area contributed by atoms with Gasteiger partial charge in [-0.15, -0.1) is 0 Å². The summed E-state index contributed by atoms with van der Waals surface area (Å²) in [5.41, 5.74) is 0. The predicted molar refractivity (Wildman–Crippen MR) is 37.0 cm³/mol. The molecule has 2 heterocycles. The summed E-state index contributed by atoms with van der Waals surface area (Å²) in [5, 5.41) is 2.95. The van der Waals surface area contributed by atoms with Crippen molar-refractivity contribution < 1.29 is 13.9 Å². The minimum Gasteiger partial charge on any atom is -0.345 e. The molecule has 0 aromatic heterocycles. The second-order valence-corrected chi connectivity index (χ2v) is 2.93. The Labute approximate surface area is 64.9 Å². The standard InChI is InChI=1S/C7H12FNO2/c8-6-5-9-2-1-7(6)10-3-4-11-7/h6,9H,1-5H2. The highest BCUT2D eigenvalue weighted by atomic mass is 19.1. The number of nitrogens with one attached hydrogen (secondary N) is 1. The average Bonchev–Trinajstić information content (AvgIpc) is 2.46. The zero-order valence-corrected chi connectivity index (χ0v) is 6.31. The maximum absolute atomic E-state index is 13.2. The van der Waals surface area contributed by atoms with E-state index in [0.29, 0.717) is 26.2 Å². The summed E-state index contributed by atoms with van der Waals surface area (Å²) in [6, 6.07) is 0. The van der Waals surface area contributed by atoms with Gasteiger partial charge in [0.1, 0.15) is 0 Å². The minimum absolute atomic E-state index is 0.347. The molecule has 2 rings (SSSR count). The second-order valence-electron chi connectivity index (χ2n) is 2.93. The first-order valence-electron chi connectivity index (χ1n) is 3.96. The summed E-state index contributed by atoms with van der Waals surface area (Å²) < 4.78 is 23.7. The monoisotopic (exact) mass is 161 g/mol. The van der Waals surface area contributed by atoms with Crippen LogP contribution in [-0.4, -0.2) is 38.3 Å². The highest BCUT2D eigenvalue weighted by Gasteiger charge is 2.46. The Bertz CT molecular complexity index is 147. The Morgan fingerprint density at radius 2 is 2.09 bits per heavy atom. The summed E-state index contributed by atoms with van der Waals surface area (Å²) in [7, 11) is 0. The molecule has 0 aromatic carbocycles. The predicted octanol–water partition coefficient (Wildman–Crippen LogP) is 0.0609. The number of halogens is 1. The third kappa shape index (κ3) is 1.15. The number of hydrogen-bond donors (Lipinski definition) is 1. The van der Waals surface area contributed by atoms with Gasteiger partial charge in [-0.25, -0.2) is 4.39 Å². The van der Waals surface area contributed by atoms with Crippen molar-refractivity contribution in [2.45, 2.75) is 18.4 Å². The molecule has 0 amide bonds. The van der Waals surface area contributed by atoms with Crippen molar-refractivity contribution in [3.8, 4) is 0 Å². The van der Waals surface area contributed by atoms with Crippen LogP contribution in [0.25, 0.3) is 0 Å². The molecule has 11 heavy (non-hydrogen) atoms. The zero-order chi connectivity index (χ0) is 7.73. The second kappa shape index (κ2) is 2.69. The highest BCUT2D eigenvalue weighted by molar-refractivity contribution is 4.88. The largest absolute Gasteiger partial charge is 0.345 e. The average molecular weight is 161 g/mol. The zero-order valence-electron chi connectivity index (χ0n) is 6.31. The number of piperidine rings is 1. The van der Waals surface area contributed by atoms with Crippen molar-refractivity contribution in [3.63, 3.8) is 0 Å². The molecule has 64 valence electrons. The number of rotatable bonds is 0. The molecular weight excluding hydrogens is 149 g/mol. The van der Waals surface area contributed by atoms with Crippen LogP contribution in [0.15, 0.2) is 0 Å². The first kappa shape index (κ1) is 7.46. The van der Waals surface area contributed by atoms with E-state index in [9.17, 15) is 4.39 Å². The van der Waals surface area contributed by atoms with E-state index in [1.807, 2.05) is 0 Å². The first-order valence-corrected chi connectivity index (χ1v) is 3.96. The quantitative estimate of drug-likeness (QED) is 0.545. The van der Waals surface area contributed by atoms with Crippen molar-refractivity contribution in [2.24, 2.45) is 0 Å². The maximum Gasteiger partial charge on any atom is 0.202 e. The smallest absolute Gasteiger partial charge is 0.202 e. The van der Waals surface area contributed by atoms with Gasteiger partial charge in [-0.3, -0.25) is 0 Å². The van der Waals surface area contributed by atoms with Gasteiger partial charge in [0.25, 0.3) is 0 Å². The van der Waals surface area contributed by atoms with Crippen molar-refractivity contribution in [1.29, 1.82) is 0 Å². The third-order valence-corrected chi connectivity index (χ3v) is 2.23. The Balaban J connectivity index is 2.07. The molecule has 1 spiro atoms. The molecule has 2 aliphatic heterocycles. The molecule has 0 aliphatic carbocycles. The molecule has 4 heteroatoms. The molecule has 2 fully saturated rings. The molecule has 1 N–H and O–H groups in total. The number of hydrogen-bond acceptors (Lipinski definition) is 3. The van der Waals surface area contributed by atoms with E-state index in [0.717, 1.165) is 6.54 Å². The summed E-state index contributed by atoms with van der Waals surface area (Å²) >= 11 is 0. The van der Waals surface area contributed by atoms with Crippen LogP contribution in [0, 0.1) is 0 Å². The lowest BCUT2D eigenvalue weighted by molar-refractivity contribution is -0.210. The summed E-state index contributed by atoms with van der Waals surface area (Å²) in [4.78, 5) is 0. The normalized spacial score (nSPS) is 36.3. The Morgan fingerprint density at radius 1 is 1.36 bits per heavy atom. The lowest BCUT2D eigenvalue weighted by Gasteiger charge is -2.34. The molecule has 2 saturated heterocycles. The molecule has 0 radical (unpaired) electrons. The molecule has 0 saturated carbocycles. The third-order valence-electron chi connectivity index (χ3n) is 2.23. The summed E-state index contributed by atoms with van der Waals surface area (Å²) in [6.45, 7) is 2.18. The fourth-order valence-electron chi connectivity index (χ4n) is 1.60. The molecule has 2 aliphatic rings. The summed E-state index contributed by atoms with van der Waals surface area (Å²) in [5.74, 6) is -0.898. The van der Waals surface area contributed by atoms with Gasteiger partial charge in [0, 0.05) is 19.5 Å². The van der Waals surface area contributed by atoms with Gasteiger partial charge < -0.3 is 14.8 Å². The Hall–Kier alpha value is -0.190. The van der Waals surface area contributed by atoms with Gasteiger partial charge in [-0.1, -0.05) is 0 Å². The lowest BCUT2D eigenvalue weighted by Crippen LogP contribution is -2.52. The maximum atomic E-state index is 13.2. The van der Waals surface area contributed by atoms with Crippen LogP contribution >= 0.6 is 0 Å². The molecule has 0 aromatic rings. The highest BCUT2D eigenvalue weighted by Crippen LogP contribution is 2.30. The van der Waals surface area contributed by atoms with Gasteiger partial charge in [-0.05, 0) is 0 Å². The van der Waals surface area contributed by atoms with E-state index < -0.39 is 12.0 Å². The van der Waals surface area contributed by atoms with E-state index in [2.05, 4.69) is 5.32 Å². The fourth-order valence-corrected chi connectivity index (χ4v) is 1.60. The molecular formula is C7H12FNO2. The Kier molecular flexibility index (Phi) is 1.83. The van der Waals surface area contributed by atoms with E-state index in [4.69, 9.17) is 9.47 Å². The first-order chi connectivity index (χ1) is 5.33. The van der Waals surface area contributed by atoms with Crippen LogP contribution in [0.4, 0.5) is 4.39 Å². The topological polar surface area (TPSA) is 30.5 Å². The minimum atomic E-state index is -1.02. The van der Waals surface area contributed by atoms with Crippen molar-refractivity contribution in [2.75, 3.05) is 26.3 Å². The SMILES string of the molecule is FC1CNCCC12OCCO2. The lowest BCUT2D eigenvalue weighted by atomic mass is 10.0. The van der Waals surface area contributed by atoms with Gasteiger partial charge in [-0.2, -0.15) is 0 Å². The van der Waals surface area contributed by atoms with Crippen LogP contribution in [0.1, 0.15) is 6.42 Å². The van der Waals surface area contributed by atoms with Crippen LogP contribution in [0.2, 0.25) is 0 Å². The Morgan fingerprint density at radius 3 is 2.73 bits per heavy atom. The van der Waals surface area contributed by atoms with E-state index in [1.165, 1.54) is 0 Å². The molecule has 1 unspecified atom stereocenters. The van der Waals surface area contributed by atoms with Gasteiger partial charge in [0.2, 0.25) is 5.79 Å². The van der Waals surface area contributed by atoms with Crippen molar-refractivity contribution >= 4 is 0 Å². The number of ether oxygens (including phenoxy) is 2. The van der Waals surface area contributed by atoms with Crippen molar-refractivity contribution in [3.05, 3.63) is 0 Å². The van der Waals surface area contributed by atoms with Crippen LogP contribution < -0.4 is 5.32 Å². The van der Waals surface area contributed by atoms with Crippen molar-refractivity contribution in [1.82, 2.24) is 5.32 Å². The summed E-state index contributed by atoms with van der Waals surface area (Å²) in [6.07, 6.45) is -0.396. The van der Waals surface area contributed by atoms with Crippen LogP contribution in [-0.2, 0) is 9.47 Å². The molecule has 1 atom stereocenters. The van der Waals surface area contributed by atoms with E-state index in [1.54, 1.807) is 0 Å². The van der Waals surface area contributed by atoms with Crippen LogP contribution in [0.5, 0.6) is 0 Å². The molecule has 3 nitrogen and oxygen atoms in total. The van der Waals surface area contributed by atoms with Crippen LogP contribution in [0.3, 0.4) is 0 Å². The number of alkyl halides is 1. The van der Waals surface area contributed by atoms with E-state index >= 15 is 0 Å². The van der Waals surface area contributed by atoms with Gasteiger partial charge in [0.15, 0.2) is 6.17 Å². The van der Waals surface area contributed by atoms with Gasteiger partial charge >= 0.3 is 0 Å². The molecule has 0 bridgehead atoms. The fraction of sp³-hybridized carbons (Fsp3) is 1.00. The van der Waals surface area contributed by atoms with Gasteiger partial charge in [0.05, 0.1) is 13.2 Å².